The Morgan fingerprint density at radius 1 is 1.33 bits per heavy atom. The zero-order valence-electron chi connectivity index (χ0n) is 10.2. The number of benzene rings is 1. The molecule has 6 heteroatoms. The van der Waals surface area contributed by atoms with Crippen molar-refractivity contribution in [1.82, 2.24) is 5.32 Å². The minimum absolute atomic E-state index is 0.0596. The van der Waals surface area contributed by atoms with Crippen LogP contribution in [0.4, 0.5) is 5.69 Å². The molecule has 5 nitrogen and oxygen atoms in total. The summed E-state index contributed by atoms with van der Waals surface area (Å²) in [6.07, 6.45) is 0. The fraction of sp³-hybridized carbons (Fsp3) is 0.417. The van der Waals surface area contributed by atoms with Gasteiger partial charge in [0.25, 0.3) is 0 Å². The van der Waals surface area contributed by atoms with Gasteiger partial charge < -0.3 is 10.2 Å². The molecule has 0 radical (unpaired) electrons. The van der Waals surface area contributed by atoms with Crippen LogP contribution in [-0.2, 0) is 14.6 Å². The van der Waals surface area contributed by atoms with Crippen LogP contribution in [0.3, 0.4) is 0 Å². The first-order valence-electron chi connectivity index (χ1n) is 5.88. The zero-order chi connectivity index (χ0) is 13.2. The van der Waals surface area contributed by atoms with Crippen molar-refractivity contribution < 1.29 is 13.2 Å². The Hall–Kier alpha value is -1.56. The zero-order valence-corrected chi connectivity index (χ0v) is 11.0. The molecule has 1 saturated heterocycles. The normalized spacial score (nSPS) is 16.5. The fourth-order valence-electron chi connectivity index (χ4n) is 1.98. The third kappa shape index (κ3) is 2.48. The summed E-state index contributed by atoms with van der Waals surface area (Å²) in [6.45, 7) is 2.99. The number of anilines is 1. The van der Waals surface area contributed by atoms with Gasteiger partial charge in [0.2, 0.25) is 5.91 Å². The van der Waals surface area contributed by atoms with E-state index in [4.69, 9.17) is 0 Å². The minimum Gasteiger partial charge on any atom is -0.359 e. The molecule has 0 atom stereocenters. The number of para-hydroxylation sites is 1. The quantitative estimate of drug-likeness (QED) is 0.862. The van der Waals surface area contributed by atoms with Gasteiger partial charge in [-0.2, -0.15) is 0 Å². The second kappa shape index (κ2) is 4.97. The van der Waals surface area contributed by atoms with Crippen LogP contribution in [0.1, 0.15) is 6.92 Å². The van der Waals surface area contributed by atoms with Crippen molar-refractivity contribution in [3.63, 3.8) is 0 Å². The van der Waals surface area contributed by atoms with Gasteiger partial charge in [-0.15, -0.1) is 0 Å². The lowest BCUT2D eigenvalue weighted by atomic mass is 10.2. The Morgan fingerprint density at radius 2 is 2.06 bits per heavy atom. The summed E-state index contributed by atoms with van der Waals surface area (Å²) >= 11 is 0. The number of nitrogens with zero attached hydrogens (tertiary/aromatic N) is 1. The third-order valence-corrected chi connectivity index (χ3v) is 4.73. The Kier molecular flexibility index (Phi) is 3.56. The average Bonchev–Trinajstić information content (AvgIpc) is 2.39. The maximum atomic E-state index is 12.0. The van der Waals surface area contributed by atoms with Gasteiger partial charge in [0.1, 0.15) is 0 Å². The van der Waals surface area contributed by atoms with Crippen molar-refractivity contribution in [1.29, 1.82) is 0 Å². The van der Waals surface area contributed by atoms with Crippen molar-refractivity contribution in [2.45, 2.75) is 11.8 Å². The van der Waals surface area contributed by atoms with E-state index in [1.165, 1.54) is 0 Å². The average molecular weight is 268 g/mol. The summed E-state index contributed by atoms with van der Waals surface area (Å²) in [6, 6.07) is 6.84. The summed E-state index contributed by atoms with van der Waals surface area (Å²) in [5.74, 6) is -0.0192. The lowest BCUT2D eigenvalue weighted by Gasteiger charge is -2.30. The Balaban J connectivity index is 2.42. The fourth-order valence-corrected chi connectivity index (χ4v) is 3.09. The molecule has 2 rings (SSSR count). The second-order valence-corrected chi connectivity index (χ2v) is 6.39. The number of nitrogens with one attached hydrogen (secondary N) is 1. The van der Waals surface area contributed by atoms with Crippen LogP contribution in [0.25, 0.3) is 0 Å². The number of sulfone groups is 1. The molecule has 1 aromatic carbocycles. The predicted molar refractivity (Wildman–Crippen MR) is 69.4 cm³/mol. The number of piperazine rings is 1. The Labute approximate surface area is 107 Å². The smallest absolute Gasteiger partial charge is 0.239 e. The van der Waals surface area contributed by atoms with E-state index in [-0.39, 0.29) is 18.2 Å². The molecule has 1 fully saturated rings. The Bertz CT molecular complexity index is 554. The molecular weight excluding hydrogens is 252 g/mol. The van der Waals surface area contributed by atoms with Crippen LogP contribution in [-0.4, -0.2) is 39.7 Å². The number of hydrogen-bond donors (Lipinski definition) is 1. The molecule has 1 aliphatic rings. The van der Waals surface area contributed by atoms with Crippen molar-refractivity contribution >= 4 is 21.4 Å². The molecular formula is C12H16N2O3S. The molecule has 1 aromatic rings. The van der Waals surface area contributed by atoms with Gasteiger partial charge in [0.05, 0.1) is 22.9 Å². The lowest BCUT2D eigenvalue weighted by molar-refractivity contribution is -0.120. The topological polar surface area (TPSA) is 66.5 Å². The molecule has 0 unspecified atom stereocenters. The van der Waals surface area contributed by atoms with Crippen molar-refractivity contribution in [2.75, 3.05) is 30.3 Å². The minimum atomic E-state index is -3.27. The number of rotatable bonds is 3. The Morgan fingerprint density at radius 3 is 2.72 bits per heavy atom. The highest BCUT2D eigenvalue weighted by atomic mass is 32.2. The highest BCUT2D eigenvalue weighted by Crippen LogP contribution is 2.26. The summed E-state index contributed by atoms with van der Waals surface area (Å²) in [7, 11) is -3.27. The van der Waals surface area contributed by atoms with Gasteiger partial charge in [-0.05, 0) is 12.1 Å². The summed E-state index contributed by atoms with van der Waals surface area (Å²) in [5.41, 5.74) is 0.620. The van der Waals surface area contributed by atoms with E-state index < -0.39 is 9.84 Å². The van der Waals surface area contributed by atoms with Crippen LogP contribution >= 0.6 is 0 Å². The van der Waals surface area contributed by atoms with Gasteiger partial charge in [-0.3, -0.25) is 4.79 Å². The maximum Gasteiger partial charge on any atom is 0.239 e. The van der Waals surface area contributed by atoms with Gasteiger partial charge in [0.15, 0.2) is 9.84 Å². The first-order valence-corrected chi connectivity index (χ1v) is 7.53. The first kappa shape index (κ1) is 12.9. The number of carbonyl (C=O) groups excluding carboxylic acids is 1. The van der Waals surface area contributed by atoms with Gasteiger partial charge >= 0.3 is 0 Å². The molecule has 98 valence electrons. The van der Waals surface area contributed by atoms with Crippen LogP contribution in [0.2, 0.25) is 0 Å². The molecule has 1 N–H and O–H groups in total. The summed E-state index contributed by atoms with van der Waals surface area (Å²) in [4.78, 5) is 13.5. The number of carbonyl (C=O) groups is 1. The molecule has 1 heterocycles. The molecule has 0 spiro atoms. The van der Waals surface area contributed by atoms with E-state index in [1.807, 2.05) is 0 Å². The molecule has 0 aromatic heterocycles. The molecule has 1 aliphatic heterocycles. The third-order valence-electron chi connectivity index (χ3n) is 2.96. The largest absolute Gasteiger partial charge is 0.359 e. The summed E-state index contributed by atoms with van der Waals surface area (Å²) in [5, 5.41) is 2.72. The lowest BCUT2D eigenvalue weighted by Crippen LogP contribution is -2.48. The van der Waals surface area contributed by atoms with Crippen LogP contribution in [0.5, 0.6) is 0 Å². The highest BCUT2D eigenvalue weighted by molar-refractivity contribution is 7.91. The van der Waals surface area contributed by atoms with Crippen molar-refractivity contribution in [3.05, 3.63) is 24.3 Å². The van der Waals surface area contributed by atoms with Crippen molar-refractivity contribution in [2.24, 2.45) is 0 Å². The van der Waals surface area contributed by atoms with Crippen LogP contribution in [0, 0.1) is 0 Å². The highest BCUT2D eigenvalue weighted by Gasteiger charge is 2.23. The van der Waals surface area contributed by atoms with E-state index in [0.29, 0.717) is 23.7 Å². The van der Waals surface area contributed by atoms with E-state index in [2.05, 4.69) is 5.32 Å². The van der Waals surface area contributed by atoms with E-state index in [1.54, 1.807) is 36.1 Å². The van der Waals surface area contributed by atoms with E-state index in [9.17, 15) is 13.2 Å². The molecule has 0 saturated carbocycles. The monoisotopic (exact) mass is 268 g/mol. The van der Waals surface area contributed by atoms with Gasteiger partial charge in [0, 0.05) is 13.1 Å². The maximum absolute atomic E-state index is 12.0. The van der Waals surface area contributed by atoms with Gasteiger partial charge in [-0.25, -0.2) is 8.42 Å². The molecule has 0 aliphatic carbocycles. The number of amides is 1. The standard InChI is InChI=1S/C12H16N2O3S/c1-2-18(16,17)11-6-4-3-5-10(11)14-8-7-13-12(15)9-14/h3-6H,2,7-9H2,1H3,(H,13,15). The predicted octanol–water partition coefficient (Wildman–Crippen LogP) is 0.416. The number of hydrogen-bond acceptors (Lipinski definition) is 4. The molecule has 1 amide bonds. The van der Waals surface area contributed by atoms with Crippen molar-refractivity contribution in [3.8, 4) is 0 Å². The molecule has 0 bridgehead atoms. The van der Waals surface area contributed by atoms with Crippen LogP contribution in [0.15, 0.2) is 29.2 Å². The first-order chi connectivity index (χ1) is 8.54. The van der Waals surface area contributed by atoms with Crippen LogP contribution < -0.4 is 10.2 Å². The van der Waals surface area contributed by atoms with E-state index in [0.717, 1.165) is 0 Å². The van der Waals surface area contributed by atoms with E-state index >= 15 is 0 Å². The summed E-state index contributed by atoms with van der Waals surface area (Å²) < 4.78 is 24.0. The molecule has 18 heavy (non-hydrogen) atoms. The SMILES string of the molecule is CCS(=O)(=O)c1ccccc1N1CCNC(=O)C1. The van der Waals surface area contributed by atoms with Gasteiger partial charge in [-0.1, -0.05) is 19.1 Å². The second-order valence-electron chi connectivity index (χ2n) is 4.14.